The fourth-order valence-corrected chi connectivity index (χ4v) is 6.43. The Kier molecular flexibility index (Phi) is 9.36. The SMILES string of the molecule is COc1ccc(CCNc2nc(NC[C@H]3CC[C@H](CNS(=O)(=O)c4ccc(C)cc4)CC3)nc3ccccc23)cc1. The van der Waals surface area contributed by atoms with E-state index in [1.165, 1.54) is 5.56 Å². The number of sulfonamides is 1. The van der Waals surface area contributed by atoms with E-state index >= 15 is 0 Å². The highest BCUT2D eigenvalue weighted by Gasteiger charge is 2.23. The smallest absolute Gasteiger partial charge is 0.240 e. The summed E-state index contributed by atoms with van der Waals surface area (Å²) < 4.78 is 33.4. The van der Waals surface area contributed by atoms with Crippen LogP contribution < -0.4 is 20.1 Å². The zero-order valence-electron chi connectivity index (χ0n) is 23.8. The van der Waals surface area contributed by atoms with Gasteiger partial charge in [0.15, 0.2) is 0 Å². The minimum atomic E-state index is -3.47. The molecule has 0 bridgehead atoms. The third-order valence-electron chi connectivity index (χ3n) is 7.88. The van der Waals surface area contributed by atoms with Crippen molar-refractivity contribution in [3.8, 4) is 5.75 Å². The number of ether oxygens (including phenoxy) is 1. The van der Waals surface area contributed by atoms with E-state index in [1.54, 1.807) is 19.2 Å². The summed E-state index contributed by atoms with van der Waals surface area (Å²) in [6, 6.07) is 23.2. The number of hydrogen-bond acceptors (Lipinski definition) is 7. The van der Waals surface area contributed by atoms with Crippen molar-refractivity contribution in [3.05, 3.63) is 83.9 Å². The summed E-state index contributed by atoms with van der Waals surface area (Å²) in [5.74, 6) is 3.17. The molecule has 1 aliphatic rings. The van der Waals surface area contributed by atoms with E-state index in [2.05, 4.69) is 27.5 Å². The summed E-state index contributed by atoms with van der Waals surface area (Å²) in [5.41, 5.74) is 3.18. The summed E-state index contributed by atoms with van der Waals surface area (Å²) in [5, 5.41) is 7.99. The lowest BCUT2D eigenvalue weighted by Crippen LogP contribution is -2.32. The van der Waals surface area contributed by atoms with Crippen LogP contribution in [0.4, 0.5) is 11.8 Å². The first kappa shape index (κ1) is 28.8. The van der Waals surface area contributed by atoms with Gasteiger partial charge in [-0.2, -0.15) is 4.98 Å². The summed E-state index contributed by atoms with van der Waals surface area (Å²) >= 11 is 0. The van der Waals surface area contributed by atoms with Gasteiger partial charge in [0.05, 0.1) is 17.5 Å². The van der Waals surface area contributed by atoms with Crippen LogP contribution in [-0.4, -0.2) is 45.1 Å². The van der Waals surface area contributed by atoms with E-state index in [9.17, 15) is 8.42 Å². The zero-order valence-corrected chi connectivity index (χ0v) is 24.6. The molecular formula is C32H39N5O3S. The molecule has 216 valence electrons. The summed E-state index contributed by atoms with van der Waals surface area (Å²) in [4.78, 5) is 9.90. The largest absolute Gasteiger partial charge is 0.497 e. The van der Waals surface area contributed by atoms with Crippen LogP contribution in [-0.2, 0) is 16.4 Å². The van der Waals surface area contributed by atoms with Crippen LogP contribution in [0.15, 0.2) is 77.7 Å². The molecule has 1 heterocycles. The Morgan fingerprint density at radius 3 is 2.22 bits per heavy atom. The molecule has 0 aliphatic heterocycles. The quantitative estimate of drug-likeness (QED) is 0.197. The van der Waals surface area contributed by atoms with Crippen LogP contribution >= 0.6 is 0 Å². The minimum Gasteiger partial charge on any atom is -0.497 e. The van der Waals surface area contributed by atoms with Crippen molar-refractivity contribution in [1.29, 1.82) is 0 Å². The molecule has 0 spiro atoms. The summed E-state index contributed by atoms with van der Waals surface area (Å²) in [6.45, 7) is 3.98. The van der Waals surface area contributed by atoms with Gasteiger partial charge in [-0.3, -0.25) is 0 Å². The second-order valence-corrected chi connectivity index (χ2v) is 12.6. The van der Waals surface area contributed by atoms with Gasteiger partial charge in [0, 0.05) is 25.0 Å². The standard InChI is InChI=1S/C32H39N5O3S/c1-23-7-17-28(18-8-23)41(38,39)35-22-26-11-9-25(10-12-26)21-34-32-36-30-6-4-3-5-29(30)31(37-32)33-20-19-24-13-15-27(40-2)16-14-24/h3-8,13-18,25-26,35H,9-12,19-22H2,1-2H3,(H2,33,34,36,37)/t25-,26-. The number of methoxy groups -OCH3 is 1. The van der Waals surface area contributed by atoms with Gasteiger partial charge in [-0.25, -0.2) is 18.1 Å². The predicted molar refractivity (Wildman–Crippen MR) is 165 cm³/mol. The molecule has 41 heavy (non-hydrogen) atoms. The Morgan fingerprint density at radius 2 is 1.51 bits per heavy atom. The number of rotatable bonds is 12. The topological polar surface area (TPSA) is 105 Å². The first-order chi connectivity index (χ1) is 19.9. The van der Waals surface area contributed by atoms with Crippen LogP contribution in [0.1, 0.15) is 36.8 Å². The molecule has 1 aliphatic carbocycles. The molecule has 4 aromatic rings. The second-order valence-electron chi connectivity index (χ2n) is 10.9. The van der Waals surface area contributed by atoms with Gasteiger partial charge in [-0.1, -0.05) is 42.0 Å². The van der Waals surface area contributed by atoms with Gasteiger partial charge < -0.3 is 15.4 Å². The van der Waals surface area contributed by atoms with E-state index in [0.29, 0.717) is 29.2 Å². The van der Waals surface area contributed by atoms with E-state index < -0.39 is 10.0 Å². The number of aryl methyl sites for hydroxylation is 1. The van der Waals surface area contributed by atoms with Crippen molar-refractivity contribution in [2.45, 2.75) is 43.9 Å². The lowest BCUT2D eigenvalue weighted by molar-refractivity contribution is 0.284. The molecule has 0 atom stereocenters. The summed E-state index contributed by atoms with van der Waals surface area (Å²) in [6.07, 6.45) is 4.96. The van der Waals surface area contributed by atoms with E-state index in [0.717, 1.165) is 73.2 Å². The van der Waals surface area contributed by atoms with Crippen LogP contribution in [0.25, 0.3) is 10.9 Å². The third kappa shape index (κ3) is 7.74. The third-order valence-corrected chi connectivity index (χ3v) is 9.32. The average molecular weight is 574 g/mol. The Labute approximate surface area is 243 Å². The molecule has 0 saturated heterocycles. The monoisotopic (exact) mass is 573 g/mol. The number of hydrogen-bond donors (Lipinski definition) is 3. The molecular weight excluding hydrogens is 534 g/mol. The maximum atomic E-state index is 12.6. The summed E-state index contributed by atoms with van der Waals surface area (Å²) in [7, 11) is -1.80. The molecule has 1 saturated carbocycles. The highest BCUT2D eigenvalue weighted by Crippen LogP contribution is 2.29. The number of nitrogens with zero attached hydrogens (tertiary/aromatic N) is 2. The lowest BCUT2D eigenvalue weighted by Gasteiger charge is -2.28. The van der Waals surface area contributed by atoms with Crippen LogP contribution in [0.3, 0.4) is 0 Å². The Morgan fingerprint density at radius 1 is 0.829 bits per heavy atom. The first-order valence-electron chi connectivity index (χ1n) is 14.3. The van der Waals surface area contributed by atoms with E-state index in [1.807, 2.05) is 55.5 Å². The van der Waals surface area contributed by atoms with Gasteiger partial charge in [0.25, 0.3) is 0 Å². The molecule has 0 unspecified atom stereocenters. The number of para-hydroxylation sites is 1. The van der Waals surface area contributed by atoms with Gasteiger partial charge in [0.1, 0.15) is 11.6 Å². The zero-order chi connectivity index (χ0) is 28.7. The van der Waals surface area contributed by atoms with Crippen molar-refractivity contribution in [2.75, 3.05) is 37.4 Å². The molecule has 1 fully saturated rings. The lowest BCUT2D eigenvalue weighted by atomic mass is 9.82. The number of benzene rings is 3. The minimum absolute atomic E-state index is 0.325. The van der Waals surface area contributed by atoms with Crippen LogP contribution in [0, 0.1) is 18.8 Å². The van der Waals surface area contributed by atoms with Crippen molar-refractivity contribution in [3.63, 3.8) is 0 Å². The van der Waals surface area contributed by atoms with Crippen molar-refractivity contribution < 1.29 is 13.2 Å². The van der Waals surface area contributed by atoms with Crippen molar-refractivity contribution in [1.82, 2.24) is 14.7 Å². The average Bonchev–Trinajstić information content (AvgIpc) is 3.00. The highest BCUT2D eigenvalue weighted by atomic mass is 32.2. The van der Waals surface area contributed by atoms with Gasteiger partial charge in [-0.15, -0.1) is 0 Å². The van der Waals surface area contributed by atoms with Crippen LogP contribution in [0.2, 0.25) is 0 Å². The maximum Gasteiger partial charge on any atom is 0.240 e. The highest BCUT2D eigenvalue weighted by molar-refractivity contribution is 7.89. The van der Waals surface area contributed by atoms with Crippen molar-refractivity contribution in [2.24, 2.45) is 11.8 Å². The van der Waals surface area contributed by atoms with Crippen molar-refractivity contribution >= 4 is 32.7 Å². The normalized spacial score (nSPS) is 17.3. The molecule has 3 N–H and O–H groups in total. The Hall–Kier alpha value is -3.69. The van der Waals surface area contributed by atoms with Gasteiger partial charge >= 0.3 is 0 Å². The fourth-order valence-electron chi connectivity index (χ4n) is 5.31. The van der Waals surface area contributed by atoms with E-state index in [4.69, 9.17) is 14.7 Å². The number of anilines is 2. The van der Waals surface area contributed by atoms with Gasteiger partial charge in [-0.05, 0) is 92.8 Å². The van der Waals surface area contributed by atoms with E-state index in [-0.39, 0.29) is 0 Å². The molecule has 8 nitrogen and oxygen atoms in total. The Bertz CT molecular complexity index is 1530. The number of aromatic nitrogens is 2. The molecule has 0 amide bonds. The Balaban J connectivity index is 1.12. The molecule has 9 heteroatoms. The molecule has 1 aromatic heterocycles. The fraction of sp³-hybridized carbons (Fsp3) is 0.375. The molecule has 0 radical (unpaired) electrons. The molecule has 5 rings (SSSR count). The predicted octanol–water partition coefficient (Wildman–Crippen LogP) is 5.80. The second kappa shape index (κ2) is 13.3. The molecule has 3 aromatic carbocycles. The number of nitrogens with one attached hydrogen (secondary N) is 3. The van der Waals surface area contributed by atoms with Crippen LogP contribution in [0.5, 0.6) is 5.75 Å². The van der Waals surface area contributed by atoms with Gasteiger partial charge in [0.2, 0.25) is 16.0 Å². The number of fused-ring (bicyclic) bond motifs is 1. The maximum absolute atomic E-state index is 12.6. The first-order valence-corrected chi connectivity index (χ1v) is 15.8.